The molecule has 0 spiro atoms. The van der Waals surface area contributed by atoms with Crippen LogP contribution in [0.2, 0.25) is 5.02 Å². The highest BCUT2D eigenvalue weighted by Gasteiger charge is 2.07. The van der Waals surface area contributed by atoms with Gasteiger partial charge in [-0.05, 0) is 45.1 Å². The number of nitrogens with zero attached hydrogens (tertiary/aromatic N) is 2. The van der Waals surface area contributed by atoms with Gasteiger partial charge in [-0.15, -0.1) is 11.3 Å². The maximum absolute atomic E-state index is 6.02. The van der Waals surface area contributed by atoms with Gasteiger partial charge in [0.25, 0.3) is 0 Å². The number of imidazole rings is 1. The van der Waals surface area contributed by atoms with Crippen molar-refractivity contribution in [3.63, 3.8) is 0 Å². The summed E-state index contributed by atoms with van der Waals surface area (Å²) in [6.45, 7) is 0.877. The third-order valence-corrected chi connectivity index (χ3v) is 5.13. The molecule has 5 heteroatoms. The van der Waals surface area contributed by atoms with E-state index in [1.165, 1.54) is 10.4 Å². The number of halogens is 2. The van der Waals surface area contributed by atoms with E-state index >= 15 is 0 Å². The fourth-order valence-corrected chi connectivity index (χ4v) is 3.30. The monoisotopic (exact) mass is 366 g/mol. The van der Waals surface area contributed by atoms with Crippen LogP contribution in [0, 0.1) is 0 Å². The van der Waals surface area contributed by atoms with Crippen molar-refractivity contribution in [2.75, 3.05) is 0 Å². The lowest BCUT2D eigenvalue weighted by Gasteiger charge is -2.07. The van der Waals surface area contributed by atoms with Crippen LogP contribution < -0.4 is 0 Å². The molecule has 0 bridgehead atoms. The minimum atomic E-state index is 0.732. The summed E-state index contributed by atoms with van der Waals surface area (Å²) in [5.41, 5.74) is 1.19. The van der Waals surface area contributed by atoms with E-state index < -0.39 is 0 Å². The van der Waals surface area contributed by atoms with Gasteiger partial charge in [0.2, 0.25) is 0 Å². The van der Waals surface area contributed by atoms with Gasteiger partial charge in [0.15, 0.2) is 0 Å². The molecule has 0 unspecified atom stereocenters. The normalized spacial score (nSPS) is 10.9. The van der Waals surface area contributed by atoms with Gasteiger partial charge in [-0.3, -0.25) is 0 Å². The molecule has 1 aromatic carbocycles. The summed E-state index contributed by atoms with van der Waals surface area (Å²) in [5, 5.41) is 2.83. The predicted octanol–water partition coefficient (Wildman–Crippen LogP) is 5.00. The second-order valence-electron chi connectivity index (χ2n) is 4.48. The second-order valence-corrected chi connectivity index (χ2v) is 6.77. The Hall–Kier alpha value is -1.10. The summed E-state index contributed by atoms with van der Waals surface area (Å²) in [6.07, 6.45) is 4.68. The van der Waals surface area contributed by atoms with Gasteiger partial charge in [0, 0.05) is 28.2 Å². The minimum Gasteiger partial charge on any atom is -0.329 e. The minimum absolute atomic E-state index is 0.732. The van der Waals surface area contributed by atoms with Gasteiger partial charge >= 0.3 is 0 Å². The number of rotatable bonds is 4. The van der Waals surface area contributed by atoms with Crippen molar-refractivity contribution in [1.29, 1.82) is 0 Å². The highest BCUT2D eigenvalue weighted by molar-refractivity contribution is 9.10. The summed E-state index contributed by atoms with van der Waals surface area (Å²) in [5.74, 6) is 1.06. The van der Waals surface area contributed by atoms with Crippen LogP contribution in [-0.2, 0) is 13.0 Å². The van der Waals surface area contributed by atoms with Gasteiger partial charge in [-0.25, -0.2) is 4.98 Å². The first kappa shape index (κ1) is 13.9. The van der Waals surface area contributed by atoms with Gasteiger partial charge in [-0.1, -0.05) is 23.7 Å². The molecule has 0 saturated carbocycles. The molecule has 102 valence electrons. The number of benzene rings is 1. The van der Waals surface area contributed by atoms with Gasteiger partial charge < -0.3 is 4.57 Å². The zero-order valence-electron chi connectivity index (χ0n) is 10.6. The molecule has 0 fully saturated rings. The van der Waals surface area contributed by atoms with Crippen LogP contribution in [0.15, 0.2) is 52.6 Å². The maximum Gasteiger partial charge on any atom is 0.113 e. The van der Waals surface area contributed by atoms with Crippen molar-refractivity contribution < 1.29 is 0 Å². The van der Waals surface area contributed by atoms with E-state index in [0.29, 0.717) is 0 Å². The lowest BCUT2D eigenvalue weighted by molar-refractivity contribution is 0.749. The first-order chi connectivity index (χ1) is 9.72. The second kappa shape index (κ2) is 6.12. The summed E-state index contributed by atoms with van der Waals surface area (Å²) in [6, 6.07) is 10.2. The first-order valence-corrected chi connectivity index (χ1v) is 8.24. The molecule has 0 N–H and O–H groups in total. The Morgan fingerprint density at radius 3 is 2.95 bits per heavy atom. The fraction of sp³-hybridized carbons (Fsp3) is 0.133. The third kappa shape index (κ3) is 3.14. The Balaban J connectivity index is 1.81. The van der Waals surface area contributed by atoms with Crippen LogP contribution in [-0.4, -0.2) is 9.55 Å². The Labute approximate surface area is 135 Å². The topological polar surface area (TPSA) is 17.8 Å². The summed E-state index contributed by atoms with van der Waals surface area (Å²) < 4.78 is 3.11. The molecule has 3 rings (SSSR count). The van der Waals surface area contributed by atoms with Crippen molar-refractivity contribution in [3.8, 4) is 0 Å². The number of aromatic nitrogens is 2. The SMILES string of the molecule is Clc1ccc(Cc2nccn2Cc2cccs2)cc1Br. The lowest BCUT2D eigenvalue weighted by atomic mass is 10.1. The van der Waals surface area contributed by atoms with E-state index in [2.05, 4.69) is 43.0 Å². The average molecular weight is 368 g/mol. The van der Waals surface area contributed by atoms with Crippen LogP contribution in [0.5, 0.6) is 0 Å². The van der Waals surface area contributed by atoms with Crippen molar-refractivity contribution in [1.82, 2.24) is 9.55 Å². The molecule has 0 atom stereocenters. The largest absolute Gasteiger partial charge is 0.329 e. The van der Waals surface area contributed by atoms with Crippen LogP contribution in [0.3, 0.4) is 0 Å². The Kier molecular flexibility index (Phi) is 4.24. The van der Waals surface area contributed by atoms with Crippen LogP contribution >= 0.6 is 38.9 Å². The molecule has 0 aliphatic rings. The molecule has 0 aliphatic heterocycles. The molecule has 2 nitrogen and oxygen atoms in total. The third-order valence-electron chi connectivity index (χ3n) is 3.05. The van der Waals surface area contributed by atoms with Crippen molar-refractivity contribution in [3.05, 3.63) is 73.9 Å². The molecule has 3 aromatic rings. The van der Waals surface area contributed by atoms with E-state index in [1.54, 1.807) is 11.3 Å². The zero-order chi connectivity index (χ0) is 13.9. The zero-order valence-corrected chi connectivity index (χ0v) is 13.8. The van der Waals surface area contributed by atoms with Crippen molar-refractivity contribution >= 4 is 38.9 Å². The van der Waals surface area contributed by atoms with E-state index in [1.807, 2.05) is 30.6 Å². The number of thiophene rings is 1. The lowest BCUT2D eigenvalue weighted by Crippen LogP contribution is -2.04. The Morgan fingerprint density at radius 2 is 2.20 bits per heavy atom. The molecule has 2 heterocycles. The van der Waals surface area contributed by atoms with Crippen LogP contribution in [0.25, 0.3) is 0 Å². The molecule has 0 saturated heterocycles. The first-order valence-electron chi connectivity index (χ1n) is 6.18. The average Bonchev–Trinajstić information content (AvgIpc) is 3.07. The Bertz CT molecular complexity index is 706. The molecular weight excluding hydrogens is 356 g/mol. The summed E-state index contributed by atoms with van der Waals surface area (Å²) in [4.78, 5) is 5.80. The summed E-state index contributed by atoms with van der Waals surface area (Å²) >= 11 is 11.2. The van der Waals surface area contributed by atoms with Crippen LogP contribution in [0.4, 0.5) is 0 Å². The smallest absolute Gasteiger partial charge is 0.113 e. The highest BCUT2D eigenvalue weighted by atomic mass is 79.9. The molecule has 0 amide bonds. The van der Waals surface area contributed by atoms with Crippen molar-refractivity contribution in [2.45, 2.75) is 13.0 Å². The summed E-state index contributed by atoms with van der Waals surface area (Å²) in [7, 11) is 0. The molecular formula is C15H12BrClN2S. The standard InChI is InChI=1S/C15H12BrClN2S/c16-13-8-11(3-4-14(13)17)9-15-18-5-6-19(15)10-12-2-1-7-20-12/h1-8H,9-10H2. The van der Waals surface area contributed by atoms with E-state index in [0.717, 1.165) is 28.3 Å². The number of hydrogen-bond acceptors (Lipinski definition) is 2. The predicted molar refractivity (Wildman–Crippen MR) is 87.6 cm³/mol. The molecule has 0 radical (unpaired) electrons. The quantitative estimate of drug-likeness (QED) is 0.634. The fourth-order valence-electron chi connectivity index (χ4n) is 2.05. The molecule has 2 aromatic heterocycles. The van der Waals surface area contributed by atoms with E-state index in [4.69, 9.17) is 11.6 Å². The van der Waals surface area contributed by atoms with Gasteiger partial charge in [0.05, 0.1) is 11.6 Å². The molecule has 0 aliphatic carbocycles. The van der Waals surface area contributed by atoms with Crippen LogP contribution in [0.1, 0.15) is 16.3 Å². The Morgan fingerprint density at radius 1 is 1.30 bits per heavy atom. The van der Waals surface area contributed by atoms with Gasteiger partial charge in [0.1, 0.15) is 5.82 Å². The number of hydrogen-bond donors (Lipinski definition) is 0. The molecule has 20 heavy (non-hydrogen) atoms. The van der Waals surface area contributed by atoms with Gasteiger partial charge in [-0.2, -0.15) is 0 Å². The van der Waals surface area contributed by atoms with E-state index in [-0.39, 0.29) is 0 Å². The van der Waals surface area contributed by atoms with Crippen molar-refractivity contribution in [2.24, 2.45) is 0 Å². The maximum atomic E-state index is 6.02. The highest BCUT2D eigenvalue weighted by Crippen LogP contribution is 2.24. The van der Waals surface area contributed by atoms with E-state index in [9.17, 15) is 0 Å².